The van der Waals surface area contributed by atoms with Crippen molar-refractivity contribution in [3.8, 4) is 11.5 Å². The summed E-state index contributed by atoms with van der Waals surface area (Å²) in [6, 6.07) is 4.28. The second-order valence-corrected chi connectivity index (χ2v) is 8.19. The average Bonchev–Trinajstić information content (AvgIpc) is 2.81. The Labute approximate surface area is 202 Å². The molecule has 5 atom stereocenters. The van der Waals surface area contributed by atoms with Crippen LogP contribution in [0.15, 0.2) is 39.8 Å². The van der Waals surface area contributed by atoms with Gasteiger partial charge in [-0.3, -0.25) is 4.98 Å². The van der Waals surface area contributed by atoms with Crippen molar-refractivity contribution in [1.29, 1.82) is 0 Å². The van der Waals surface area contributed by atoms with E-state index in [4.69, 9.17) is 41.8 Å². The first-order chi connectivity index (χ1) is 16.2. The first-order valence-corrected chi connectivity index (χ1v) is 10.7. The van der Waals surface area contributed by atoms with Gasteiger partial charge in [0.05, 0.1) is 35.1 Å². The lowest BCUT2D eigenvalue weighted by atomic mass is 9.99. The third-order valence-electron chi connectivity index (χ3n) is 5.25. The van der Waals surface area contributed by atoms with Gasteiger partial charge >= 0.3 is 5.63 Å². The number of pyridine rings is 1. The molecule has 182 valence electrons. The molecule has 2 aromatic heterocycles. The summed E-state index contributed by atoms with van der Waals surface area (Å²) in [7, 11) is 1.35. The number of hydrogen-bond acceptors (Lipinski definition) is 11. The van der Waals surface area contributed by atoms with Crippen LogP contribution in [0.2, 0.25) is 10.0 Å². The van der Waals surface area contributed by atoms with Gasteiger partial charge in [-0.15, -0.1) is 0 Å². The Balaban J connectivity index is 1.80. The molecule has 1 aliphatic rings. The second-order valence-electron chi connectivity index (χ2n) is 7.37. The first kappa shape index (κ1) is 24.5. The van der Waals surface area contributed by atoms with Gasteiger partial charge in [0, 0.05) is 23.8 Å². The van der Waals surface area contributed by atoms with Crippen LogP contribution in [-0.2, 0) is 4.74 Å². The number of anilines is 2. The summed E-state index contributed by atoms with van der Waals surface area (Å²) in [6.07, 6.45) is -4.93. The Morgan fingerprint density at radius 3 is 2.47 bits per heavy atom. The molecule has 1 aliphatic heterocycles. The smallest absolute Gasteiger partial charge is 0.338 e. The number of nitrogens with zero attached hydrogens (tertiary/aromatic N) is 1. The number of benzene rings is 1. The summed E-state index contributed by atoms with van der Waals surface area (Å²) in [5.74, 6) is -0.0123. The number of hydrogen-bond donors (Lipinski definition) is 5. The number of methoxy groups -OCH3 is 1. The molecule has 11 nitrogen and oxygen atoms in total. The zero-order chi connectivity index (χ0) is 24.6. The van der Waals surface area contributed by atoms with Crippen LogP contribution >= 0.6 is 23.2 Å². The van der Waals surface area contributed by atoms with Gasteiger partial charge in [0.2, 0.25) is 12.0 Å². The fraction of sp³-hybridized carbons (Fsp3) is 0.333. The Kier molecular flexibility index (Phi) is 7.14. The number of nitrogens with one attached hydrogen (secondary N) is 1. The highest BCUT2D eigenvalue weighted by atomic mass is 35.5. The summed E-state index contributed by atoms with van der Waals surface area (Å²) in [5, 5.41) is 43.6. The Morgan fingerprint density at radius 2 is 1.82 bits per heavy atom. The predicted octanol–water partition coefficient (Wildman–Crippen LogP) is 1.43. The summed E-state index contributed by atoms with van der Waals surface area (Å²) >= 11 is 12.4. The minimum atomic E-state index is -1.69. The second kappa shape index (κ2) is 9.92. The van der Waals surface area contributed by atoms with Gasteiger partial charge in [-0.25, -0.2) is 4.79 Å². The molecule has 3 heterocycles. The minimum Gasteiger partial charge on any atom is -0.493 e. The minimum absolute atomic E-state index is 0.0763. The summed E-state index contributed by atoms with van der Waals surface area (Å²) in [4.78, 5) is 16.3. The monoisotopic (exact) mass is 514 g/mol. The van der Waals surface area contributed by atoms with E-state index < -0.39 is 42.9 Å². The number of aliphatic hydroxyl groups excluding tert-OH is 4. The fourth-order valence-electron chi connectivity index (χ4n) is 3.51. The van der Waals surface area contributed by atoms with E-state index in [2.05, 4.69) is 10.3 Å². The van der Waals surface area contributed by atoms with Gasteiger partial charge in [0.1, 0.15) is 24.4 Å². The normalized spacial score (nSPS) is 24.7. The van der Waals surface area contributed by atoms with E-state index in [9.17, 15) is 25.2 Å². The van der Waals surface area contributed by atoms with Gasteiger partial charge in [-0.05, 0) is 12.1 Å². The van der Waals surface area contributed by atoms with Gasteiger partial charge in [-0.2, -0.15) is 0 Å². The van der Waals surface area contributed by atoms with Crippen LogP contribution < -0.4 is 20.4 Å². The maximum atomic E-state index is 12.4. The molecule has 0 amide bonds. The number of ether oxygens (including phenoxy) is 3. The van der Waals surface area contributed by atoms with Crippen molar-refractivity contribution in [3.63, 3.8) is 0 Å². The lowest BCUT2D eigenvalue weighted by molar-refractivity contribution is -0.277. The van der Waals surface area contributed by atoms with Crippen molar-refractivity contribution in [3.05, 3.63) is 51.1 Å². The largest absolute Gasteiger partial charge is 0.493 e. The van der Waals surface area contributed by atoms with E-state index >= 15 is 0 Å². The van der Waals surface area contributed by atoms with Crippen LogP contribution in [0.3, 0.4) is 0 Å². The van der Waals surface area contributed by atoms with Crippen LogP contribution in [0.5, 0.6) is 11.5 Å². The highest BCUT2D eigenvalue weighted by molar-refractivity contribution is 6.39. The summed E-state index contributed by atoms with van der Waals surface area (Å²) in [6.45, 7) is -0.645. The van der Waals surface area contributed by atoms with Gasteiger partial charge in [0.25, 0.3) is 0 Å². The predicted molar refractivity (Wildman–Crippen MR) is 121 cm³/mol. The van der Waals surface area contributed by atoms with E-state index in [1.165, 1.54) is 31.6 Å². The molecular weight excluding hydrogens is 495 g/mol. The topological polar surface area (TPSA) is 164 Å². The first-order valence-electron chi connectivity index (χ1n) is 9.93. The van der Waals surface area contributed by atoms with E-state index in [0.717, 1.165) is 0 Å². The van der Waals surface area contributed by atoms with E-state index in [1.807, 2.05) is 0 Å². The molecule has 34 heavy (non-hydrogen) atoms. The van der Waals surface area contributed by atoms with Crippen LogP contribution in [0.1, 0.15) is 0 Å². The average molecular weight is 515 g/mol. The number of aromatic nitrogens is 1. The molecule has 0 bridgehead atoms. The molecule has 13 heteroatoms. The number of halogens is 2. The SMILES string of the molecule is COc1ccc2c(Nc3c(Cl)cncc3Cl)cc(=O)oc2c1O[C@@H]1O[C@H](CO)[C@@H](O)[C@@H](O)[C@@H]1O. The molecule has 5 N–H and O–H groups in total. The summed E-state index contributed by atoms with van der Waals surface area (Å²) in [5.41, 5.74) is -0.268. The molecular formula is C21H20Cl2N2O9. The zero-order valence-electron chi connectivity index (χ0n) is 17.5. The summed E-state index contributed by atoms with van der Waals surface area (Å²) < 4.78 is 21.9. The third kappa shape index (κ3) is 4.51. The Morgan fingerprint density at radius 1 is 1.12 bits per heavy atom. The highest BCUT2D eigenvalue weighted by Gasteiger charge is 2.45. The molecule has 4 rings (SSSR count). The van der Waals surface area contributed by atoms with Crippen molar-refractivity contribution in [2.45, 2.75) is 30.7 Å². The fourth-order valence-corrected chi connectivity index (χ4v) is 3.96. The quantitative estimate of drug-likeness (QED) is 0.302. The molecule has 1 fully saturated rings. The number of fused-ring (bicyclic) bond motifs is 1. The lowest BCUT2D eigenvalue weighted by Gasteiger charge is -2.39. The van der Waals surface area contributed by atoms with E-state index in [1.54, 1.807) is 6.07 Å². The van der Waals surface area contributed by atoms with Crippen LogP contribution in [0.4, 0.5) is 11.4 Å². The molecule has 0 aliphatic carbocycles. The molecule has 0 spiro atoms. The van der Waals surface area contributed by atoms with Gasteiger partial charge in [-0.1, -0.05) is 23.2 Å². The van der Waals surface area contributed by atoms with E-state index in [0.29, 0.717) is 11.1 Å². The van der Waals surface area contributed by atoms with Crippen molar-refractivity contribution < 1.29 is 39.1 Å². The van der Waals surface area contributed by atoms with Crippen LogP contribution in [0, 0.1) is 0 Å². The lowest BCUT2D eigenvalue weighted by Crippen LogP contribution is -2.60. The van der Waals surface area contributed by atoms with Gasteiger partial charge in [0.15, 0.2) is 11.3 Å². The molecule has 0 unspecified atom stereocenters. The van der Waals surface area contributed by atoms with Crippen molar-refractivity contribution in [2.24, 2.45) is 0 Å². The van der Waals surface area contributed by atoms with Crippen molar-refractivity contribution in [1.82, 2.24) is 4.98 Å². The zero-order valence-corrected chi connectivity index (χ0v) is 19.0. The van der Waals surface area contributed by atoms with Crippen LogP contribution in [0.25, 0.3) is 11.0 Å². The van der Waals surface area contributed by atoms with E-state index in [-0.39, 0.29) is 32.8 Å². The molecule has 0 saturated carbocycles. The molecule has 1 aromatic carbocycles. The third-order valence-corrected chi connectivity index (χ3v) is 5.82. The Bertz CT molecular complexity index is 1230. The molecule has 3 aromatic rings. The highest BCUT2D eigenvalue weighted by Crippen LogP contribution is 2.41. The standard InChI is InChI=1S/C21H20Cl2N2O9/c1-31-12-3-2-8-11(25-15-9(22)5-24-6-10(15)23)4-14(27)33-19(8)20(12)34-21-18(30)17(29)16(28)13(7-26)32-21/h2-6,13,16-18,21,26,28-30H,7H2,1H3,(H,24,25)/t13-,16-,17-,18+,21+/m1/s1. The number of rotatable bonds is 6. The van der Waals surface area contributed by atoms with Crippen molar-refractivity contribution in [2.75, 3.05) is 19.0 Å². The van der Waals surface area contributed by atoms with Crippen molar-refractivity contribution >= 4 is 45.5 Å². The molecule has 1 saturated heterocycles. The Hall–Kier alpha value is -2.64. The van der Waals surface area contributed by atoms with Crippen LogP contribution in [-0.4, -0.2) is 69.8 Å². The maximum absolute atomic E-state index is 12.4. The maximum Gasteiger partial charge on any atom is 0.338 e. The van der Waals surface area contributed by atoms with Gasteiger partial charge < -0.3 is 44.4 Å². The molecule has 0 radical (unpaired) electrons. The number of aliphatic hydroxyl groups is 4.